The molecule has 14 heteroatoms. The first-order valence-corrected chi connectivity index (χ1v) is 16.6. The Morgan fingerprint density at radius 2 is 1.45 bits per heavy atom. The van der Waals surface area contributed by atoms with Gasteiger partial charge in [0.25, 0.3) is 0 Å². The number of carboxylic acids is 1. The van der Waals surface area contributed by atoms with E-state index in [1.54, 1.807) is 80.6 Å². The molecule has 49 heavy (non-hydrogen) atoms. The van der Waals surface area contributed by atoms with Crippen LogP contribution in [-0.2, 0) is 47.7 Å². The Hall–Kier alpha value is -5.50. The Morgan fingerprint density at radius 3 is 2.06 bits per heavy atom. The van der Waals surface area contributed by atoms with E-state index in [9.17, 15) is 38.4 Å². The van der Waals surface area contributed by atoms with E-state index in [1.165, 1.54) is 23.6 Å². The first-order valence-electron chi connectivity index (χ1n) is 15.4. The van der Waals surface area contributed by atoms with Gasteiger partial charge in [0.2, 0.25) is 17.7 Å². The number of phenols is 1. The molecule has 0 aliphatic carbocycles. The molecule has 4 amide bonds. The molecule has 0 saturated carbocycles. The van der Waals surface area contributed by atoms with Crippen molar-refractivity contribution in [1.29, 1.82) is 0 Å². The molecule has 6 N–H and O–H groups in total. The predicted molar refractivity (Wildman–Crippen MR) is 181 cm³/mol. The van der Waals surface area contributed by atoms with E-state index in [0.29, 0.717) is 10.5 Å². The average molecular weight is 693 g/mol. The van der Waals surface area contributed by atoms with Crippen LogP contribution in [0.15, 0.2) is 101 Å². The van der Waals surface area contributed by atoms with E-state index in [0.717, 1.165) is 5.56 Å². The van der Waals surface area contributed by atoms with Crippen LogP contribution >= 0.6 is 0 Å². The molecule has 0 aliphatic rings. The molecular formula is C35H40N4O9S. The molecule has 0 radical (unpaired) electrons. The molecule has 3 aromatic carbocycles. The lowest BCUT2D eigenvalue weighted by atomic mass is 10.0. The number of ether oxygens (including phenoxy) is 1. The average Bonchev–Trinajstić information content (AvgIpc) is 3.08. The standard InChI is InChI=1S/C35H40N4O9S/c1-23(2)32(34(45)36-21-30(41)37-26(20-31(42)43)17-18-49(47)28-11-7-4-8-12-28)39-33(44)29(19-24-13-15-27(40)16-14-24)38-35(46)48-22-25-9-5-3-6-10-25/h3-18,23,26,29,32,40H,19-22H2,1-2H3,(H,36,45)(H,37,41)(H,38,46)(H,39,44)(H,42,43)/b18-17+/t26?,29-,32?,49?/m0/s1. The molecule has 260 valence electrons. The Morgan fingerprint density at radius 1 is 0.816 bits per heavy atom. The quantitative estimate of drug-likeness (QED) is 0.123. The summed E-state index contributed by atoms with van der Waals surface area (Å²) in [6.07, 6.45) is -0.0203. The summed E-state index contributed by atoms with van der Waals surface area (Å²) in [4.78, 5) is 63.9. The number of phenolic OH excluding ortho intramolecular Hbond substituents is 1. The van der Waals surface area contributed by atoms with Gasteiger partial charge in [-0.15, -0.1) is 0 Å². The lowest BCUT2D eigenvalue weighted by molar-refractivity contribution is -0.137. The van der Waals surface area contributed by atoms with Gasteiger partial charge in [-0.1, -0.05) is 80.6 Å². The summed E-state index contributed by atoms with van der Waals surface area (Å²) in [5.41, 5.74) is 1.35. The number of hydrogen-bond acceptors (Lipinski definition) is 8. The number of hydrogen-bond donors (Lipinski definition) is 6. The van der Waals surface area contributed by atoms with Crippen LogP contribution < -0.4 is 21.3 Å². The summed E-state index contributed by atoms with van der Waals surface area (Å²) in [6.45, 7) is 2.79. The third-order valence-corrected chi connectivity index (χ3v) is 8.16. The summed E-state index contributed by atoms with van der Waals surface area (Å²) in [7, 11) is -1.57. The van der Waals surface area contributed by atoms with Crippen LogP contribution in [0.3, 0.4) is 0 Å². The smallest absolute Gasteiger partial charge is 0.408 e. The highest BCUT2D eigenvalue weighted by atomic mass is 32.2. The molecule has 13 nitrogen and oxygen atoms in total. The van der Waals surface area contributed by atoms with Crippen molar-refractivity contribution in [2.24, 2.45) is 5.92 Å². The number of nitrogens with one attached hydrogen (secondary N) is 4. The van der Waals surface area contributed by atoms with Crippen molar-refractivity contribution in [3.8, 4) is 5.75 Å². The normalized spacial score (nSPS) is 13.4. The van der Waals surface area contributed by atoms with E-state index in [-0.39, 0.29) is 18.8 Å². The molecule has 0 heterocycles. The van der Waals surface area contributed by atoms with Crippen molar-refractivity contribution in [3.05, 3.63) is 108 Å². The maximum absolute atomic E-state index is 13.5. The highest BCUT2D eigenvalue weighted by Crippen LogP contribution is 2.13. The van der Waals surface area contributed by atoms with Crippen molar-refractivity contribution < 1.29 is 43.1 Å². The third kappa shape index (κ3) is 13.6. The van der Waals surface area contributed by atoms with Crippen LogP contribution in [0.2, 0.25) is 0 Å². The van der Waals surface area contributed by atoms with Gasteiger partial charge < -0.3 is 36.2 Å². The van der Waals surface area contributed by atoms with E-state index in [2.05, 4.69) is 21.3 Å². The lowest BCUT2D eigenvalue weighted by Gasteiger charge is -2.25. The fourth-order valence-corrected chi connectivity index (χ4v) is 5.38. The lowest BCUT2D eigenvalue weighted by Crippen LogP contribution is -2.56. The molecule has 3 unspecified atom stereocenters. The fraction of sp³-hybridized carbons (Fsp3) is 0.286. The second kappa shape index (κ2) is 19.4. The van der Waals surface area contributed by atoms with E-state index >= 15 is 0 Å². The minimum atomic E-state index is -1.57. The molecule has 3 aromatic rings. The number of carbonyl (C=O) groups is 5. The molecule has 0 aromatic heterocycles. The predicted octanol–water partition coefficient (Wildman–Crippen LogP) is 2.77. The van der Waals surface area contributed by atoms with E-state index < -0.39 is 77.6 Å². The molecule has 0 spiro atoms. The van der Waals surface area contributed by atoms with Gasteiger partial charge >= 0.3 is 12.1 Å². The zero-order chi connectivity index (χ0) is 35.8. The third-order valence-electron chi connectivity index (χ3n) is 7.02. The second-order valence-electron chi connectivity index (χ2n) is 11.3. The first-order chi connectivity index (χ1) is 23.4. The maximum atomic E-state index is 13.5. The van der Waals surface area contributed by atoms with Crippen molar-refractivity contribution in [3.63, 3.8) is 0 Å². The van der Waals surface area contributed by atoms with Crippen molar-refractivity contribution >= 4 is 40.6 Å². The summed E-state index contributed by atoms with van der Waals surface area (Å²) < 4.78 is 17.8. The number of alkyl carbamates (subject to hydrolysis) is 1. The number of amides is 4. The van der Waals surface area contributed by atoms with Crippen molar-refractivity contribution in [2.45, 2.75) is 56.3 Å². The summed E-state index contributed by atoms with van der Waals surface area (Å²) in [5, 5.41) is 30.4. The van der Waals surface area contributed by atoms with Crippen LogP contribution in [0, 0.1) is 5.92 Å². The molecule has 0 saturated heterocycles. The number of aliphatic carboxylic acids is 1. The van der Waals surface area contributed by atoms with Crippen molar-refractivity contribution in [2.75, 3.05) is 6.54 Å². The van der Waals surface area contributed by atoms with Crippen LogP contribution in [0.5, 0.6) is 5.75 Å². The Labute approximate surface area is 286 Å². The van der Waals surface area contributed by atoms with Crippen molar-refractivity contribution in [1.82, 2.24) is 21.3 Å². The maximum Gasteiger partial charge on any atom is 0.408 e. The van der Waals surface area contributed by atoms with Gasteiger partial charge in [-0.05, 0) is 41.3 Å². The van der Waals surface area contributed by atoms with Gasteiger partial charge in [-0.3, -0.25) is 19.2 Å². The van der Waals surface area contributed by atoms with E-state index in [4.69, 9.17) is 4.74 Å². The molecule has 0 fully saturated rings. The Kier molecular flexibility index (Phi) is 15.0. The minimum Gasteiger partial charge on any atom is -0.508 e. The molecule has 3 rings (SSSR count). The fourth-order valence-electron chi connectivity index (χ4n) is 4.46. The molecule has 0 bridgehead atoms. The summed E-state index contributed by atoms with van der Waals surface area (Å²) in [5.74, 6) is -3.72. The van der Waals surface area contributed by atoms with Gasteiger partial charge in [0.1, 0.15) is 24.4 Å². The topological polar surface area (TPSA) is 200 Å². The summed E-state index contributed by atoms with van der Waals surface area (Å²) >= 11 is 0. The highest BCUT2D eigenvalue weighted by molar-refractivity contribution is 7.88. The van der Waals surface area contributed by atoms with Gasteiger partial charge in [0.05, 0.1) is 29.8 Å². The van der Waals surface area contributed by atoms with Gasteiger partial charge in [0, 0.05) is 16.7 Å². The van der Waals surface area contributed by atoms with E-state index in [1.807, 2.05) is 6.07 Å². The van der Waals surface area contributed by atoms with Crippen LogP contribution in [0.4, 0.5) is 4.79 Å². The number of aromatic hydroxyl groups is 1. The highest BCUT2D eigenvalue weighted by Gasteiger charge is 2.30. The Balaban J connectivity index is 1.63. The number of rotatable bonds is 17. The molecule has 0 aliphatic heterocycles. The van der Waals surface area contributed by atoms with Gasteiger partial charge in [-0.25, -0.2) is 9.00 Å². The number of benzene rings is 3. The van der Waals surface area contributed by atoms with Crippen LogP contribution in [0.1, 0.15) is 31.4 Å². The largest absolute Gasteiger partial charge is 0.508 e. The summed E-state index contributed by atoms with van der Waals surface area (Å²) in [6, 6.07) is 20.2. The zero-order valence-electron chi connectivity index (χ0n) is 27.0. The minimum absolute atomic E-state index is 0.00886. The van der Waals surface area contributed by atoms with Gasteiger partial charge in [0.15, 0.2) is 0 Å². The van der Waals surface area contributed by atoms with Gasteiger partial charge in [-0.2, -0.15) is 0 Å². The number of carbonyl (C=O) groups excluding carboxylic acids is 4. The monoisotopic (exact) mass is 692 g/mol. The zero-order valence-corrected chi connectivity index (χ0v) is 27.9. The van der Waals surface area contributed by atoms with Crippen LogP contribution in [0.25, 0.3) is 0 Å². The number of carboxylic acid groups (broad SMARTS) is 1. The SMILES string of the molecule is CC(C)C(NC(=O)[C@H](Cc1ccc(O)cc1)NC(=O)OCc1ccccc1)C(=O)NCC(=O)NC(/C=C/S(=O)c1ccccc1)CC(=O)O. The van der Waals surface area contributed by atoms with Crippen LogP contribution in [-0.4, -0.2) is 68.9 Å². The first kappa shape index (κ1) is 38.0. The Bertz CT molecular complexity index is 1620. The molecule has 4 atom stereocenters. The second-order valence-corrected chi connectivity index (χ2v) is 12.6. The molecular weight excluding hydrogens is 652 g/mol.